The molecule has 2 aromatic rings. The number of carbonyl (C=O) groups excluding carboxylic acids is 2. The molecule has 0 aromatic heterocycles. The molecular weight excluding hydrogens is 354 g/mol. The van der Waals surface area contributed by atoms with Gasteiger partial charge in [-0.25, -0.2) is 0 Å². The molecule has 1 fully saturated rings. The summed E-state index contributed by atoms with van der Waals surface area (Å²) in [4.78, 5) is 27.3. The van der Waals surface area contributed by atoms with E-state index < -0.39 is 5.60 Å². The molecule has 1 saturated heterocycles. The number of benzene rings is 2. The number of rotatable bonds is 5. The van der Waals surface area contributed by atoms with Gasteiger partial charge in [-0.2, -0.15) is 0 Å². The SMILES string of the molecule is CC(=O)N(C)c1ccc(NC(=O)CN2CC[C@@](O)(c3ccccc3C)C2)cc1. The van der Waals surface area contributed by atoms with E-state index in [0.29, 0.717) is 25.2 Å². The van der Waals surface area contributed by atoms with Crippen LogP contribution in [0.5, 0.6) is 0 Å². The van der Waals surface area contributed by atoms with Gasteiger partial charge in [-0.3, -0.25) is 14.5 Å². The molecule has 1 aliphatic rings. The highest BCUT2D eigenvalue weighted by Crippen LogP contribution is 2.33. The maximum atomic E-state index is 12.4. The minimum atomic E-state index is -0.912. The standard InChI is InChI=1S/C22H27N3O3/c1-16-6-4-5-7-20(16)22(28)12-13-25(15-22)14-21(27)23-18-8-10-19(11-9-18)24(3)17(2)26/h4-11,28H,12-15H2,1-3H3,(H,23,27)/t22-/m0/s1. The van der Waals surface area contributed by atoms with E-state index in [-0.39, 0.29) is 18.4 Å². The minimum Gasteiger partial charge on any atom is -0.384 e. The molecule has 0 aliphatic carbocycles. The molecule has 2 aromatic carbocycles. The van der Waals surface area contributed by atoms with Crippen molar-refractivity contribution in [2.24, 2.45) is 0 Å². The number of hydrogen-bond donors (Lipinski definition) is 2. The number of likely N-dealkylation sites (tertiary alicyclic amines) is 1. The highest BCUT2D eigenvalue weighted by Gasteiger charge is 2.38. The summed E-state index contributed by atoms with van der Waals surface area (Å²) in [5.74, 6) is -0.173. The van der Waals surface area contributed by atoms with E-state index in [1.807, 2.05) is 36.1 Å². The van der Waals surface area contributed by atoms with Crippen LogP contribution in [-0.2, 0) is 15.2 Å². The zero-order valence-corrected chi connectivity index (χ0v) is 16.6. The van der Waals surface area contributed by atoms with Crippen molar-refractivity contribution in [1.82, 2.24) is 4.90 Å². The van der Waals surface area contributed by atoms with Crippen LogP contribution in [-0.4, -0.2) is 48.5 Å². The van der Waals surface area contributed by atoms with Crippen LogP contribution >= 0.6 is 0 Å². The second kappa shape index (κ2) is 8.12. The van der Waals surface area contributed by atoms with Crippen LogP contribution in [0.4, 0.5) is 11.4 Å². The number of aryl methyl sites for hydroxylation is 1. The first-order chi connectivity index (χ1) is 13.3. The molecule has 6 heteroatoms. The van der Waals surface area contributed by atoms with Crippen molar-refractivity contribution in [2.45, 2.75) is 25.9 Å². The number of aliphatic hydroxyl groups is 1. The number of hydrogen-bond acceptors (Lipinski definition) is 4. The van der Waals surface area contributed by atoms with Gasteiger partial charge in [0.1, 0.15) is 5.60 Å². The Morgan fingerprint density at radius 3 is 2.50 bits per heavy atom. The number of nitrogens with one attached hydrogen (secondary N) is 1. The topological polar surface area (TPSA) is 72.9 Å². The maximum absolute atomic E-state index is 12.4. The molecule has 148 valence electrons. The Labute approximate surface area is 165 Å². The third-order valence-electron chi connectivity index (χ3n) is 5.35. The molecule has 3 rings (SSSR count). The Hall–Kier alpha value is -2.70. The Morgan fingerprint density at radius 2 is 1.86 bits per heavy atom. The van der Waals surface area contributed by atoms with Crippen LogP contribution in [0.1, 0.15) is 24.5 Å². The number of β-amino-alcohol motifs (C(OH)–C–C–N with tert-alkyl or cyclic N) is 1. The fraction of sp³-hybridized carbons (Fsp3) is 0.364. The van der Waals surface area contributed by atoms with Crippen molar-refractivity contribution in [3.05, 3.63) is 59.7 Å². The zero-order valence-electron chi connectivity index (χ0n) is 16.6. The first-order valence-corrected chi connectivity index (χ1v) is 9.43. The summed E-state index contributed by atoms with van der Waals surface area (Å²) < 4.78 is 0. The molecule has 28 heavy (non-hydrogen) atoms. The lowest BCUT2D eigenvalue weighted by Gasteiger charge is -2.25. The van der Waals surface area contributed by atoms with Crippen LogP contribution in [0.25, 0.3) is 0 Å². The highest BCUT2D eigenvalue weighted by molar-refractivity contribution is 5.93. The normalized spacial score (nSPS) is 19.4. The van der Waals surface area contributed by atoms with Crippen molar-refractivity contribution in [1.29, 1.82) is 0 Å². The Balaban J connectivity index is 1.57. The molecule has 1 aliphatic heterocycles. The molecule has 0 radical (unpaired) electrons. The summed E-state index contributed by atoms with van der Waals surface area (Å²) in [5, 5.41) is 13.9. The summed E-state index contributed by atoms with van der Waals surface area (Å²) in [6.45, 7) is 4.83. The van der Waals surface area contributed by atoms with E-state index in [2.05, 4.69) is 5.32 Å². The second-order valence-corrected chi connectivity index (χ2v) is 7.48. The maximum Gasteiger partial charge on any atom is 0.238 e. The number of amides is 2. The largest absolute Gasteiger partial charge is 0.384 e. The fourth-order valence-electron chi connectivity index (χ4n) is 3.67. The number of anilines is 2. The van der Waals surface area contributed by atoms with E-state index in [9.17, 15) is 14.7 Å². The molecular formula is C22H27N3O3. The summed E-state index contributed by atoms with van der Waals surface area (Å²) >= 11 is 0. The number of carbonyl (C=O) groups is 2. The molecule has 1 atom stereocenters. The minimum absolute atomic E-state index is 0.0491. The van der Waals surface area contributed by atoms with Gasteiger partial charge in [0.25, 0.3) is 0 Å². The van der Waals surface area contributed by atoms with Crippen LogP contribution in [0.3, 0.4) is 0 Å². The summed E-state index contributed by atoms with van der Waals surface area (Å²) in [6.07, 6.45) is 0.608. The van der Waals surface area contributed by atoms with Crippen molar-refractivity contribution in [3.63, 3.8) is 0 Å². The quantitative estimate of drug-likeness (QED) is 0.835. The molecule has 2 N–H and O–H groups in total. The molecule has 0 saturated carbocycles. The van der Waals surface area contributed by atoms with Crippen LogP contribution < -0.4 is 10.2 Å². The third-order valence-corrected chi connectivity index (χ3v) is 5.35. The highest BCUT2D eigenvalue weighted by atomic mass is 16.3. The zero-order chi connectivity index (χ0) is 20.3. The van der Waals surface area contributed by atoms with Gasteiger partial charge in [0.2, 0.25) is 11.8 Å². The Bertz CT molecular complexity index is 866. The molecule has 1 heterocycles. The third kappa shape index (κ3) is 4.40. The van der Waals surface area contributed by atoms with E-state index in [0.717, 1.165) is 16.8 Å². The van der Waals surface area contributed by atoms with Gasteiger partial charge in [0.05, 0.1) is 6.54 Å². The van der Waals surface area contributed by atoms with Crippen LogP contribution in [0, 0.1) is 6.92 Å². The van der Waals surface area contributed by atoms with Gasteiger partial charge in [-0.1, -0.05) is 24.3 Å². The van der Waals surface area contributed by atoms with Gasteiger partial charge in [-0.05, 0) is 48.7 Å². The van der Waals surface area contributed by atoms with E-state index in [4.69, 9.17) is 0 Å². The fourth-order valence-corrected chi connectivity index (χ4v) is 3.67. The first kappa shape index (κ1) is 20.0. The van der Waals surface area contributed by atoms with Gasteiger partial charge in [0, 0.05) is 38.4 Å². The lowest BCUT2D eigenvalue weighted by Crippen LogP contribution is -2.35. The van der Waals surface area contributed by atoms with Crippen molar-refractivity contribution in [3.8, 4) is 0 Å². The Kier molecular flexibility index (Phi) is 5.82. The van der Waals surface area contributed by atoms with Crippen molar-refractivity contribution >= 4 is 23.2 Å². The predicted octanol–water partition coefficient (Wildman–Crippen LogP) is 2.51. The molecule has 0 bridgehead atoms. The van der Waals surface area contributed by atoms with E-state index >= 15 is 0 Å². The average Bonchev–Trinajstić information content (AvgIpc) is 3.03. The summed E-state index contributed by atoms with van der Waals surface area (Å²) in [5.41, 5.74) is 2.53. The Morgan fingerprint density at radius 1 is 1.18 bits per heavy atom. The second-order valence-electron chi connectivity index (χ2n) is 7.48. The van der Waals surface area contributed by atoms with Crippen molar-refractivity contribution in [2.75, 3.05) is 36.9 Å². The number of nitrogens with zero attached hydrogens (tertiary/aromatic N) is 2. The van der Waals surface area contributed by atoms with E-state index in [1.54, 1.807) is 36.2 Å². The monoisotopic (exact) mass is 381 g/mol. The molecule has 2 amide bonds. The average molecular weight is 381 g/mol. The van der Waals surface area contributed by atoms with Crippen LogP contribution in [0.15, 0.2) is 48.5 Å². The molecule has 0 spiro atoms. The van der Waals surface area contributed by atoms with Crippen molar-refractivity contribution < 1.29 is 14.7 Å². The van der Waals surface area contributed by atoms with Crippen LogP contribution in [0.2, 0.25) is 0 Å². The summed E-state index contributed by atoms with van der Waals surface area (Å²) in [7, 11) is 1.71. The smallest absolute Gasteiger partial charge is 0.238 e. The lowest BCUT2D eigenvalue weighted by molar-refractivity contribution is -0.117. The molecule has 6 nitrogen and oxygen atoms in total. The van der Waals surface area contributed by atoms with Gasteiger partial charge < -0.3 is 15.3 Å². The molecule has 0 unspecified atom stereocenters. The van der Waals surface area contributed by atoms with E-state index in [1.165, 1.54) is 6.92 Å². The first-order valence-electron chi connectivity index (χ1n) is 9.43. The predicted molar refractivity (Wildman–Crippen MR) is 110 cm³/mol. The summed E-state index contributed by atoms with van der Waals surface area (Å²) in [6, 6.07) is 15.0. The van der Waals surface area contributed by atoms with Gasteiger partial charge in [-0.15, -0.1) is 0 Å². The van der Waals surface area contributed by atoms with Gasteiger partial charge >= 0.3 is 0 Å². The lowest BCUT2D eigenvalue weighted by atomic mass is 9.89. The van der Waals surface area contributed by atoms with Gasteiger partial charge in [0.15, 0.2) is 0 Å².